The number of benzene rings is 2. The van der Waals surface area contributed by atoms with Gasteiger partial charge in [-0.25, -0.2) is 4.98 Å². The summed E-state index contributed by atoms with van der Waals surface area (Å²) in [5, 5.41) is 5.73. The number of pyridine rings is 1. The number of esters is 1. The minimum Gasteiger partial charge on any atom is -0.493 e. The van der Waals surface area contributed by atoms with E-state index >= 15 is 0 Å². The molecule has 3 aromatic rings. The van der Waals surface area contributed by atoms with Gasteiger partial charge in [0.1, 0.15) is 6.04 Å². The Balaban J connectivity index is 1.78. The molecule has 0 aliphatic heterocycles. The highest BCUT2D eigenvalue weighted by molar-refractivity contribution is 5.99. The Morgan fingerprint density at radius 2 is 1.33 bits per heavy atom. The summed E-state index contributed by atoms with van der Waals surface area (Å²) in [5.41, 5.74) is 4.31. The lowest BCUT2D eigenvalue weighted by Crippen LogP contribution is -2.49. The van der Waals surface area contributed by atoms with E-state index < -0.39 is 23.8 Å². The normalized spacial score (nSPS) is 12.5. The van der Waals surface area contributed by atoms with Gasteiger partial charge >= 0.3 is 5.97 Å². The maximum Gasteiger partial charge on any atom is 0.313 e. The van der Waals surface area contributed by atoms with Crippen LogP contribution in [0.3, 0.4) is 0 Å². The zero-order chi connectivity index (χ0) is 28.7. The third-order valence-corrected chi connectivity index (χ3v) is 6.46. The predicted molar refractivity (Wildman–Crippen MR) is 150 cm³/mol. The average molecular weight is 532 g/mol. The summed E-state index contributed by atoms with van der Waals surface area (Å²) >= 11 is 0. The number of aromatic nitrogens is 1. The van der Waals surface area contributed by atoms with E-state index in [9.17, 15) is 14.4 Å². The van der Waals surface area contributed by atoms with E-state index in [1.165, 1.54) is 19.4 Å². The monoisotopic (exact) mass is 531 g/mol. The first kappa shape index (κ1) is 29.4. The summed E-state index contributed by atoms with van der Waals surface area (Å²) < 4.78 is 10.7. The molecule has 2 aromatic carbocycles. The van der Waals surface area contributed by atoms with Crippen LogP contribution >= 0.6 is 0 Å². The average Bonchev–Trinajstić information content (AvgIpc) is 2.90. The summed E-state index contributed by atoms with van der Waals surface area (Å²) in [6.07, 6.45) is 1.38. The van der Waals surface area contributed by atoms with Crippen molar-refractivity contribution in [3.63, 3.8) is 0 Å². The molecule has 0 saturated carbocycles. The van der Waals surface area contributed by atoms with Gasteiger partial charge in [-0.15, -0.1) is 0 Å². The fraction of sp³-hybridized carbons (Fsp3) is 0.355. The second-order valence-electron chi connectivity index (χ2n) is 10.1. The zero-order valence-electron chi connectivity index (χ0n) is 23.6. The molecule has 0 fully saturated rings. The van der Waals surface area contributed by atoms with Gasteiger partial charge in [-0.3, -0.25) is 14.4 Å². The standard InChI is InChI=1S/C31H37N3O5/c1-18(2)31(37)39-28-25(38-7)16-17-32-27(28)30(36)34-22(6)29(35)33-21(5)26(23-12-8-19(3)9-13-23)24-14-10-20(4)11-15-24/h8-18,21-22,26H,1-7H3,(H,33,35)(H,34,36)/t21-,22-/m0/s1. The van der Waals surface area contributed by atoms with Crippen molar-refractivity contribution in [2.24, 2.45) is 5.92 Å². The first-order chi connectivity index (χ1) is 18.5. The summed E-state index contributed by atoms with van der Waals surface area (Å²) in [7, 11) is 1.40. The minimum atomic E-state index is -0.890. The Morgan fingerprint density at radius 3 is 1.82 bits per heavy atom. The third kappa shape index (κ3) is 7.44. The quantitative estimate of drug-likeness (QED) is 0.367. The number of amides is 2. The molecule has 0 unspecified atom stereocenters. The Kier molecular flexibility index (Phi) is 9.82. The lowest BCUT2D eigenvalue weighted by Gasteiger charge is -2.28. The summed E-state index contributed by atoms with van der Waals surface area (Å²) in [4.78, 5) is 42.7. The van der Waals surface area contributed by atoms with Crippen LogP contribution in [-0.2, 0) is 9.59 Å². The molecule has 0 aliphatic rings. The molecule has 8 nitrogen and oxygen atoms in total. The van der Waals surface area contributed by atoms with Gasteiger partial charge in [0.25, 0.3) is 5.91 Å². The van der Waals surface area contributed by atoms with E-state index in [1.807, 2.05) is 20.8 Å². The smallest absolute Gasteiger partial charge is 0.313 e. The number of hydrogen-bond acceptors (Lipinski definition) is 6. The summed E-state index contributed by atoms with van der Waals surface area (Å²) in [6.45, 7) is 11.0. The lowest BCUT2D eigenvalue weighted by atomic mass is 9.85. The van der Waals surface area contributed by atoms with E-state index in [-0.39, 0.29) is 35.1 Å². The molecule has 1 heterocycles. The van der Waals surface area contributed by atoms with Gasteiger partial charge in [-0.2, -0.15) is 0 Å². The van der Waals surface area contributed by atoms with Crippen molar-refractivity contribution in [3.05, 3.63) is 88.7 Å². The molecule has 2 amide bonds. The molecule has 206 valence electrons. The third-order valence-electron chi connectivity index (χ3n) is 6.46. The number of hydrogen-bond donors (Lipinski definition) is 2. The lowest BCUT2D eigenvalue weighted by molar-refractivity contribution is -0.137. The highest BCUT2D eigenvalue weighted by Gasteiger charge is 2.28. The summed E-state index contributed by atoms with van der Waals surface area (Å²) in [5.74, 6) is -1.97. The van der Waals surface area contributed by atoms with Crippen molar-refractivity contribution in [2.45, 2.75) is 59.5 Å². The van der Waals surface area contributed by atoms with Gasteiger partial charge in [-0.05, 0) is 38.8 Å². The molecule has 0 spiro atoms. The van der Waals surface area contributed by atoms with Crippen molar-refractivity contribution < 1.29 is 23.9 Å². The fourth-order valence-electron chi connectivity index (χ4n) is 4.15. The van der Waals surface area contributed by atoms with E-state index in [1.54, 1.807) is 20.8 Å². The number of nitrogens with one attached hydrogen (secondary N) is 2. The van der Waals surface area contributed by atoms with E-state index in [2.05, 4.69) is 64.1 Å². The van der Waals surface area contributed by atoms with Crippen LogP contribution in [0.15, 0.2) is 60.8 Å². The number of carbonyl (C=O) groups is 3. The highest BCUT2D eigenvalue weighted by Crippen LogP contribution is 2.31. The Hall–Kier alpha value is -4.20. The molecule has 8 heteroatoms. The van der Waals surface area contributed by atoms with Gasteiger partial charge in [0.05, 0.1) is 13.0 Å². The zero-order valence-corrected chi connectivity index (χ0v) is 23.6. The maximum atomic E-state index is 13.2. The van der Waals surface area contributed by atoms with Crippen molar-refractivity contribution >= 4 is 17.8 Å². The molecule has 2 N–H and O–H groups in total. The SMILES string of the molecule is COc1ccnc(C(=O)N[C@@H](C)C(=O)N[C@@H](C)C(c2ccc(C)cc2)c2ccc(C)cc2)c1OC(=O)C(C)C. The minimum absolute atomic E-state index is 0.0871. The van der Waals surface area contributed by atoms with E-state index in [4.69, 9.17) is 9.47 Å². The van der Waals surface area contributed by atoms with Gasteiger partial charge in [-0.1, -0.05) is 73.5 Å². The van der Waals surface area contributed by atoms with Gasteiger partial charge in [0.2, 0.25) is 11.7 Å². The van der Waals surface area contributed by atoms with Crippen LogP contribution in [-0.4, -0.2) is 42.0 Å². The van der Waals surface area contributed by atoms with Crippen LogP contribution in [0.5, 0.6) is 11.5 Å². The van der Waals surface area contributed by atoms with Gasteiger partial charge < -0.3 is 20.1 Å². The Bertz CT molecular complexity index is 1260. The first-order valence-corrected chi connectivity index (χ1v) is 13.0. The Labute approximate surface area is 230 Å². The highest BCUT2D eigenvalue weighted by atomic mass is 16.6. The van der Waals surface area contributed by atoms with Crippen LogP contribution in [0.1, 0.15) is 66.4 Å². The molecular formula is C31H37N3O5. The molecule has 0 radical (unpaired) electrons. The number of rotatable bonds is 10. The number of nitrogens with zero attached hydrogens (tertiary/aromatic N) is 1. The molecule has 1 aromatic heterocycles. The second kappa shape index (κ2) is 13.0. The van der Waals surface area contributed by atoms with Crippen molar-refractivity contribution in [1.29, 1.82) is 0 Å². The molecule has 0 bridgehead atoms. The van der Waals surface area contributed by atoms with Crippen molar-refractivity contribution in [1.82, 2.24) is 15.6 Å². The number of methoxy groups -OCH3 is 1. The second-order valence-corrected chi connectivity index (χ2v) is 10.1. The molecule has 0 aliphatic carbocycles. The van der Waals surface area contributed by atoms with Crippen LogP contribution in [0.4, 0.5) is 0 Å². The van der Waals surface area contributed by atoms with Crippen molar-refractivity contribution in [3.8, 4) is 11.5 Å². The van der Waals surface area contributed by atoms with Gasteiger partial charge in [0, 0.05) is 24.2 Å². The maximum absolute atomic E-state index is 13.2. The van der Waals surface area contributed by atoms with E-state index in [0.29, 0.717) is 0 Å². The fourth-order valence-corrected chi connectivity index (χ4v) is 4.15. The molecule has 0 saturated heterocycles. The Morgan fingerprint density at radius 1 is 0.795 bits per heavy atom. The number of ether oxygens (including phenoxy) is 2. The van der Waals surface area contributed by atoms with Gasteiger partial charge in [0.15, 0.2) is 11.4 Å². The van der Waals surface area contributed by atoms with E-state index in [0.717, 1.165) is 22.3 Å². The van der Waals surface area contributed by atoms with Crippen molar-refractivity contribution in [2.75, 3.05) is 7.11 Å². The topological polar surface area (TPSA) is 107 Å². The molecule has 2 atom stereocenters. The molecule has 39 heavy (non-hydrogen) atoms. The first-order valence-electron chi connectivity index (χ1n) is 13.0. The number of carbonyl (C=O) groups excluding carboxylic acids is 3. The molecular weight excluding hydrogens is 494 g/mol. The van der Waals surface area contributed by atoms with Crippen LogP contribution in [0.25, 0.3) is 0 Å². The summed E-state index contributed by atoms with van der Waals surface area (Å²) in [6, 6.07) is 16.8. The van der Waals surface area contributed by atoms with Crippen LogP contribution in [0, 0.1) is 19.8 Å². The van der Waals surface area contributed by atoms with Crippen LogP contribution in [0.2, 0.25) is 0 Å². The number of aryl methyl sites for hydroxylation is 2. The predicted octanol–water partition coefficient (Wildman–Crippen LogP) is 4.72. The molecule has 3 rings (SSSR count). The largest absolute Gasteiger partial charge is 0.493 e. The van der Waals surface area contributed by atoms with Crippen LogP contribution < -0.4 is 20.1 Å².